The number of aliphatic hydroxyl groups is 1. The Bertz CT molecular complexity index is 722. The average Bonchev–Trinajstić information content (AvgIpc) is 3.10. The highest BCUT2D eigenvalue weighted by molar-refractivity contribution is 5.97. The van der Waals surface area contributed by atoms with E-state index in [1.165, 1.54) is 13.2 Å². The molecule has 2 unspecified atom stereocenters. The first-order chi connectivity index (χ1) is 10.5. The Morgan fingerprint density at radius 2 is 2.23 bits per heavy atom. The normalized spacial score (nSPS) is 29.4. The Hall–Kier alpha value is -2.06. The number of methoxy groups -OCH3 is 1. The van der Waals surface area contributed by atoms with Gasteiger partial charge in [-0.05, 0) is 0 Å². The SMILES string of the molecule is COc1c2n3c(cc1=O)C(O)CN3C1(CCOC1)N(C)C2=O. The van der Waals surface area contributed by atoms with Gasteiger partial charge in [-0.3, -0.25) is 14.6 Å². The first kappa shape index (κ1) is 13.6. The molecule has 1 saturated heterocycles. The summed E-state index contributed by atoms with van der Waals surface area (Å²) in [5.41, 5.74) is -0.434. The number of rotatable bonds is 1. The minimum absolute atomic E-state index is 0.00784. The number of likely N-dealkylation sites (N-methyl/N-ethyl adjacent to an activating group) is 1. The summed E-state index contributed by atoms with van der Waals surface area (Å²) in [4.78, 5) is 26.6. The standard InChI is InChI=1S/C14H17N3O5/c1-15-13(20)11-12(21-2)9(18)5-8-10(19)6-16(17(8)11)14(15)3-4-22-7-14/h5,10,19H,3-4,6-7H2,1-2H3. The largest absolute Gasteiger partial charge is 0.491 e. The lowest BCUT2D eigenvalue weighted by Gasteiger charge is -2.50. The third-order valence-corrected chi connectivity index (χ3v) is 4.90. The van der Waals surface area contributed by atoms with Crippen LogP contribution in [0, 0.1) is 0 Å². The van der Waals surface area contributed by atoms with Gasteiger partial charge in [-0.2, -0.15) is 0 Å². The maximum Gasteiger partial charge on any atom is 0.278 e. The molecule has 1 aromatic rings. The quantitative estimate of drug-likeness (QED) is 0.720. The van der Waals surface area contributed by atoms with Crippen LogP contribution in [0.1, 0.15) is 28.7 Å². The second-order valence-corrected chi connectivity index (χ2v) is 5.87. The monoisotopic (exact) mass is 307 g/mol. The van der Waals surface area contributed by atoms with Gasteiger partial charge in [-0.25, -0.2) is 4.68 Å². The molecular formula is C14H17N3O5. The van der Waals surface area contributed by atoms with Gasteiger partial charge in [0.25, 0.3) is 5.91 Å². The van der Waals surface area contributed by atoms with Crippen LogP contribution in [0.25, 0.3) is 0 Å². The van der Waals surface area contributed by atoms with Crippen molar-refractivity contribution in [3.05, 3.63) is 27.7 Å². The van der Waals surface area contributed by atoms with Crippen LogP contribution in [0.15, 0.2) is 10.9 Å². The number of fused-ring (bicyclic) bond motifs is 1. The lowest BCUT2D eigenvalue weighted by Crippen LogP contribution is -2.69. The molecular weight excluding hydrogens is 290 g/mol. The Balaban J connectivity index is 2.05. The number of ether oxygens (including phenoxy) is 2. The molecule has 3 aliphatic rings. The predicted molar refractivity (Wildman–Crippen MR) is 75.6 cm³/mol. The summed E-state index contributed by atoms with van der Waals surface area (Å²) in [5.74, 6) is -0.292. The smallest absolute Gasteiger partial charge is 0.278 e. The van der Waals surface area contributed by atoms with E-state index in [1.54, 1.807) is 16.6 Å². The number of amides is 1. The van der Waals surface area contributed by atoms with Crippen LogP contribution >= 0.6 is 0 Å². The lowest BCUT2D eigenvalue weighted by molar-refractivity contribution is 0.0311. The van der Waals surface area contributed by atoms with E-state index in [1.807, 2.05) is 5.01 Å². The molecule has 22 heavy (non-hydrogen) atoms. The van der Waals surface area contributed by atoms with Gasteiger partial charge < -0.3 is 19.5 Å². The van der Waals surface area contributed by atoms with Crippen LogP contribution in [0.5, 0.6) is 5.75 Å². The molecule has 3 aliphatic heterocycles. The summed E-state index contributed by atoms with van der Waals surface area (Å²) in [7, 11) is 3.06. The minimum atomic E-state index is -0.825. The number of carbonyl (C=O) groups excluding carboxylic acids is 1. The molecule has 118 valence electrons. The molecule has 1 spiro atoms. The molecule has 0 saturated carbocycles. The van der Waals surface area contributed by atoms with Crippen molar-refractivity contribution in [2.24, 2.45) is 0 Å². The second kappa shape index (κ2) is 4.23. The Kier molecular flexibility index (Phi) is 2.62. The van der Waals surface area contributed by atoms with E-state index in [0.717, 1.165) is 0 Å². The van der Waals surface area contributed by atoms with Gasteiger partial charge in [-0.1, -0.05) is 0 Å². The van der Waals surface area contributed by atoms with Crippen LogP contribution in [-0.2, 0) is 4.74 Å². The molecule has 8 nitrogen and oxygen atoms in total. The van der Waals surface area contributed by atoms with Gasteiger partial charge in [0.2, 0.25) is 5.43 Å². The number of hydrogen-bond acceptors (Lipinski definition) is 6. The van der Waals surface area contributed by atoms with Crippen molar-refractivity contribution in [1.29, 1.82) is 0 Å². The van der Waals surface area contributed by atoms with Gasteiger partial charge in [0.05, 0.1) is 32.6 Å². The first-order valence-corrected chi connectivity index (χ1v) is 7.17. The molecule has 1 fully saturated rings. The van der Waals surface area contributed by atoms with Gasteiger partial charge in [0.15, 0.2) is 17.1 Å². The van der Waals surface area contributed by atoms with Crippen molar-refractivity contribution < 1.29 is 19.4 Å². The van der Waals surface area contributed by atoms with Gasteiger partial charge in [-0.15, -0.1) is 0 Å². The number of pyridine rings is 1. The molecule has 1 N–H and O–H groups in total. The molecule has 2 atom stereocenters. The van der Waals surface area contributed by atoms with Crippen LogP contribution in [0.2, 0.25) is 0 Å². The Labute approximate surface area is 126 Å². The summed E-state index contributed by atoms with van der Waals surface area (Å²) >= 11 is 0. The number of carbonyl (C=O) groups is 1. The van der Waals surface area contributed by atoms with Gasteiger partial charge in [0, 0.05) is 19.5 Å². The van der Waals surface area contributed by atoms with Gasteiger partial charge in [0.1, 0.15) is 6.10 Å². The number of aromatic nitrogens is 1. The number of aliphatic hydroxyl groups excluding tert-OH is 1. The maximum atomic E-state index is 12.9. The molecule has 1 amide bonds. The van der Waals surface area contributed by atoms with E-state index >= 15 is 0 Å². The van der Waals surface area contributed by atoms with E-state index in [-0.39, 0.29) is 17.4 Å². The van der Waals surface area contributed by atoms with Crippen molar-refractivity contribution >= 4 is 5.91 Å². The van der Waals surface area contributed by atoms with E-state index in [4.69, 9.17) is 9.47 Å². The molecule has 4 heterocycles. The molecule has 0 aliphatic carbocycles. The van der Waals surface area contributed by atoms with E-state index in [2.05, 4.69) is 0 Å². The highest BCUT2D eigenvalue weighted by atomic mass is 16.5. The summed E-state index contributed by atoms with van der Waals surface area (Å²) in [6, 6.07) is 1.34. The predicted octanol–water partition coefficient (Wildman–Crippen LogP) is -0.956. The van der Waals surface area contributed by atoms with E-state index in [0.29, 0.717) is 31.9 Å². The van der Waals surface area contributed by atoms with Crippen molar-refractivity contribution in [3.63, 3.8) is 0 Å². The van der Waals surface area contributed by atoms with Crippen LogP contribution in [-0.4, -0.2) is 60.2 Å². The molecule has 0 bridgehead atoms. The first-order valence-electron chi connectivity index (χ1n) is 7.17. The molecule has 0 aromatic carbocycles. The fourth-order valence-corrected chi connectivity index (χ4v) is 3.71. The number of hydrogen-bond donors (Lipinski definition) is 1. The van der Waals surface area contributed by atoms with Crippen LogP contribution in [0.3, 0.4) is 0 Å². The van der Waals surface area contributed by atoms with Crippen molar-refractivity contribution in [1.82, 2.24) is 9.58 Å². The zero-order chi connectivity index (χ0) is 15.6. The van der Waals surface area contributed by atoms with Crippen molar-refractivity contribution in [3.8, 4) is 5.75 Å². The van der Waals surface area contributed by atoms with E-state index in [9.17, 15) is 14.7 Å². The topological polar surface area (TPSA) is 84.2 Å². The summed E-state index contributed by atoms with van der Waals surface area (Å²) < 4.78 is 12.3. The number of nitrogens with zero attached hydrogens (tertiary/aromatic N) is 3. The Morgan fingerprint density at radius 1 is 1.45 bits per heavy atom. The molecule has 8 heteroatoms. The Morgan fingerprint density at radius 3 is 2.86 bits per heavy atom. The second-order valence-electron chi connectivity index (χ2n) is 5.87. The van der Waals surface area contributed by atoms with Crippen molar-refractivity contribution in [2.75, 3.05) is 38.9 Å². The van der Waals surface area contributed by atoms with Gasteiger partial charge >= 0.3 is 0 Å². The van der Waals surface area contributed by atoms with Crippen LogP contribution < -0.4 is 15.2 Å². The fourth-order valence-electron chi connectivity index (χ4n) is 3.71. The minimum Gasteiger partial charge on any atom is -0.491 e. The van der Waals surface area contributed by atoms with Crippen molar-refractivity contribution in [2.45, 2.75) is 18.2 Å². The van der Waals surface area contributed by atoms with Crippen LogP contribution in [0.4, 0.5) is 0 Å². The summed E-state index contributed by atoms with van der Waals surface area (Å²) in [6.07, 6.45) is -0.177. The fraction of sp³-hybridized carbons (Fsp3) is 0.571. The van der Waals surface area contributed by atoms with E-state index < -0.39 is 17.2 Å². The highest BCUT2D eigenvalue weighted by Crippen LogP contribution is 2.40. The molecule has 0 radical (unpaired) electrons. The summed E-state index contributed by atoms with van der Waals surface area (Å²) in [5, 5.41) is 12.2. The maximum absolute atomic E-state index is 12.9. The highest BCUT2D eigenvalue weighted by Gasteiger charge is 2.55. The summed E-state index contributed by atoms with van der Waals surface area (Å²) in [6.45, 7) is 1.22. The zero-order valence-corrected chi connectivity index (χ0v) is 12.4. The third kappa shape index (κ3) is 1.39. The molecule has 1 aromatic heterocycles. The molecule has 4 rings (SSSR count). The zero-order valence-electron chi connectivity index (χ0n) is 12.4. The average molecular weight is 307 g/mol. The third-order valence-electron chi connectivity index (χ3n) is 4.90. The lowest BCUT2D eigenvalue weighted by atomic mass is 10.0.